The van der Waals surface area contributed by atoms with Crippen LogP contribution in [-0.4, -0.2) is 27.3 Å². The molecule has 0 aliphatic heterocycles. The third-order valence-electron chi connectivity index (χ3n) is 6.14. The number of benzene rings is 2. The highest BCUT2D eigenvalue weighted by molar-refractivity contribution is 6.31. The number of esters is 2. The molecule has 0 amide bonds. The van der Waals surface area contributed by atoms with Gasteiger partial charge in [-0.25, -0.2) is 9.59 Å². The molecular formula is C29H40O7. The normalized spacial score (nSPS) is 11.9. The van der Waals surface area contributed by atoms with E-state index in [1.54, 1.807) is 12.1 Å². The number of phenols is 3. The Morgan fingerprint density at radius 3 is 2.08 bits per heavy atom. The summed E-state index contributed by atoms with van der Waals surface area (Å²) >= 11 is 0. The first kappa shape index (κ1) is 29.0. The molecular weight excluding hydrogens is 460 g/mol. The highest BCUT2D eigenvalue weighted by atomic mass is 16.6. The number of ether oxygens (including phenoxy) is 2. The molecule has 0 heterocycles. The summed E-state index contributed by atoms with van der Waals surface area (Å²) in [4.78, 5) is 24.9. The Morgan fingerprint density at radius 1 is 0.778 bits per heavy atom. The zero-order chi connectivity index (χ0) is 26.7. The fourth-order valence-electron chi connectivity index (χ4n) is 4.08. The van der Waals surface area contributed by atoms with Crippen molar-refractivity contribution >= 4 is 11.9 Å². The van der Waals surface area contributed by atoms with E-state index in [1.807, 2.05) is 0 Å². The molecule has 0 aromatic heterocycles. The third-order valence-corrected chi connectivity index (χ3v) is 6.14. The van der Waals surface area contributed by atoms with Gasteiger partial charge in [0, 0.05) is 23.8 Å². The second-order valence-corrected chi connectivity index (χ2v) is 9.98. The maximum absolute atomic E-state index is 12.6. The van der Waals surface area contributed by atoms with Gasteiger partial charge in [-0.15, -0.1) is 0 Å². The Hall–Kier alpha value is -3.22. The molecule has 0 saturated carbocycles. The smallest absolute Gasteiger partial charge is 0.423 e. The van der Waals surface area contributed by atoms with Crippen LogP contribution < -0.4 is 9.47 Å². The van der Waals surface area contributed by atoms with Gasteiger partial charge in [-0.1, -0.05) is 59.8 Å². The minimum atomic E-state index is -1.30. The van der Waals surface area contributed by atoms with Crippen LogP contribution in [0.2, 0.25) is 0 Å². The van der Waals surface area contributed by atoms with Crippen LogP contribution >= 0.6 is 0 Å². The Morgan fingerprint density at radius 2 is 1.44 bits per heavy atom. The van der Waals surface area contributed by atoms with E-state index in [9.17, 15) is 24.9 Å². The summed E-state index contributed by atoms with van der Waals surface area (Å²) in [7, 11) is 0. The second kappa shape index (κ2) is 14.4. The first-order chi connectivity index (χ1) is 17.1. The molecule has 1 atom stereocenters. The summed E-state index contributed by atoms with van der Waals surface area (Å²) in [6.45, 7) is 8.69. The molecule has 2 aromatic carbocycles. The van der Waals surface area contributed by atoms with E-state index in [1.165, 1.54) is 6.42 Å². The van der Waals surface area contributed by atoms with Crippen molar-refractivity contribution in [1.82, 2.24) is 0 Å². The fourth-order valence-corrected chi connectivity index (χ4v) is 4.08. The highest BCUT2D eigenvalue weighted by Gasteiger charge is 2.23. The second-order valence-electron chi connectivity index (χ2n) is 9.98. The van der Waals surface area contributed by atoms with E-state index in [0.717, 1.165) is 62.3 Å². The van der Waals surface area contributed by atoms with Gasteiger partial charge in [0.1, 0.15) is 28.7 Å². The standard InChI is InChI=1S/C29H40O7/c1-5-6-7-11-21-14-26(32)25(13-12-20(4)10-8-9-19(2)3)27(15-21)36-29(34)28(33)35-24-17-22(30)16-23(31)18-24/h14-20,30-32H,5-13H2,1-4H3/t20-/m0/s1. The van der Waals surface area contributed by atoms with Crippen molar-refractivity contribution in [3.8, 4) is 28.7 Å². The predicted octanol–water partition coefficient (Wildman–Crippen LogP) is 6.44. The van der Waals surface area contributed by atoms with Crippen molar-refractivity contribution in [1.29, 1.82) is 0 Å². The number of carbonyl (C=O) groups excluding carboxylic acids is 2. The van der Waals surface area contributed by atoms with Gasteiger partial charge >= 0.3 is 11.9 Å². The lowest BCUT2D eigenvalue weighted by Gasteiger charge is -2.16. The van der Waals surface area contributed by atoms with Crippen molar-refractivity contribution in [2.24, 2.45) is 11.8 Å². The largest absolute Gasteiger partial charge is 0.508 e. The van der Waals surface area contributed by atoms with E-state index >= 15 is 0 Å². The number of aromatic hydroxyl groups is 3. The number of hydrogen-bond donors (Lipinski definition) is 3. The highest BCUT2D eigenvalue weighted by Crippen LogP contribution is 2.34. The predicted molar refractivity (Wildman–Crippen MR) is 139 cm³/mol. The molecule has 0 bridgehead atoms. The van der Waals surface area contributed by atoms with Crippen LogP contribution in [0, 0.1) is 11.8 Å². The third kappa shape index (κ3) is 9.80. The van der Waals surface area contributed by atoms with Crippen LogP contribution in [0.15, 0.2) is 30.3 Å². The lowest BCUT2D eigenvalue weighted by molar-refractivity contribution is -0.156. The molecule has 7 heteroatoms. The van der Waals surface area contributed by atoms with E-state index in [-0.39, 0.29) is 28.7 Å². The molecule has 2 aromatic rings. The number of hydrogen-bond acceptors (Lipinski definition) is 7. The average Bonchev–Trinajstić information content (AvgIpc) is 2.77. The molecule has 0 radical (unpaired) electrons. The van der Waals surface area contributed by atoms with Gasteiger partial charge in [0.25, 0.3) is 0 Å². The van der Waals surface area contributed by atoms with E-state index in [2.05, 4.69) is 27.7 Å². The first-order valence-corrected chi connectivity index (χ1v) is 12.9. The lowest BCUT2D eigenvalue weighted by Crippen LogP contribution is -2.26. The van der Waals surface area contributed by atoms with Crippen LogP contribution in [0.3, 0.4) is 0 Å². The SMILES string of the molecule is CCCCCc1cc(O)c(CC[C@@H](C)CCCC(C)C)c(OC(=O)C(=O)Oc2cc(O)cc(O)c2)c1. The first-order valence-electron chi connectivity index (χ1n) is 12.9. The van der Waals surface area contributed by atoms with Gasteiger partial charge in [-0.05, 0) is 55.2 Å². The molecule has 0 unspecified atom stereocenters. The molecule has 2 rings (SSSR count). The topological polar surface area (TPSA) is 113 Å². The maximum Gasteiger partial charge on any atom is 0.423 e. The van der Waals surface area contributed by atoms with Crippen molar-refractivity contribution in [3.05, 3.63) is 41.5 Å². The van der Waals surface area contributed by atoms with Crippen LogP contribution in [0.1, 0.15) is 83.8 Å². The summed E-state index contributed by atoms with van der Waals surface area (Å²) in [5.74, 6) is -2.10. The Labute approximate surface area is 214 Å². The Kier molecular flexibility index (Phi) is 11.6. The maximum atomic E-state index is 12.6. The summed E-state index contributed by atoms with van der Waals surface area (Å²) in [5.41, 5.74) is 1.31. The molecule has 0 aliphatic rings. The molecule has 198 valence electrons. The summed E-state index contributed by atoms with van der Waals surface area (Å²) in [6.07, 6.45) is 8.42. The van der Waals surface area contributed by atoms with Gasteiger partial charge < -0.3 is 24.8 Å². The van der Waals surface area contributed by atoms with Crippen LogP contribution in [0.4, 0.5) is 0 Å². The van der Waals surface area contributed by atoms with Gasteiger partial charge in [0.2, 0.25) is 0 Å². The monoisotopic (exact) mass is 500 g/mol. The molecule has 36 heavy (non-hydrogen) atoms. The van der Waals surface area contributed by atoms with E-state index in [0.29, 0.717) is 30.2 Å². The summed E-state index contributed by atoms with van der Waals surface area (Å²) in [6, 6.07) is 6.67. The number of carbonyl (C=O) groups is 2. The zero-order valence-electron chi connectivity index (χ0n) is 21.9. The fraction of sp³-hybridized carbons (Fsp3) is 0.517. The molecule has 7 nitrogen and oxygen atoms in total. The molecule has 0 saturated heterocycles. The molecule has 0 fully saturated rings. The van der Waals surface area contributed by atoms with Crippen molar-refractivity contribution in [2.75, 3.05) is 0 Å². The molecule has 3 N–H and O–H groups in total. The van der Waals surface area contributed by atoms with Gasteiger partial charge in [-0.3, -0.25) is 0 Å². The average molecular weight is 501 g/mol. The Balaban J connectivity index is 2.16. The summed E-state index contributed by atoms with van der Waals surface area (Å²) in [5, 5.41) is 29.9. The van der Waals surface area contributed by atoms with Crippen LogP contribution in [0.25, 0.3) is 0 Å². The van der Waals surface area contributed by atoms with E-state index in [4.69, 9.17) is 9.47 Å². The number of rotatable bonds is 13. The molecule has 0 aliphatic carbocycles. The lowest BCUT2D eigenvalue weighted by atomic mass is 9.93. The zero-order valence-corrected chi connectivity index (χ0v) is 21.9. The van der Waals surface area contributed by atoms with Crippen LogP contribution in [0.5, 0.6) is 28.7 Å². The number of phenolic OH excluding ortho intramolecular Hbond substituents is 3. The molecule has 0 spiro atoms. The van der Waals surface area contributed by atoms with Gasteiger partial charge in [-0.2, -0.15) is 0 Å². The van der Waals surface area contributed by atoms with Crippen molar-refractivity contribution < 1.29 is 34.4 Å². The van der Waals surface area contributed by atoms with Crippen molar-refractivity contribution in [2.45, 2.75) is 85.5 Å². The van der Waals surface area contributed by atoms with Crippen LogP contribution in [-0.2, 0) is 22.4 Å². The van der Waals surface area contributed by atoms with Crippen molar-refractivity contribution in [3.63, 3.8) is 0 Å². The minimum Gasteiger partial charge on any atom is -0.508 e. The number of unbranched alkanes of at least 4 members (excludes halogenated alkanes) is 2. The quantitative estimate of drug-likeness (QED) is 0.125. The van der Waals surface area contributed by atoms with Gasteiger partial charge in [0.15, 0.2) is 0 Å². The van der Waals surface area contributed by atoms with Gasteiger partial charge in [0.05, 0.1) is 0 Å². The Bertz CT molecular complexity index is 993. The summed E-state index contributed by atoms with van der Waals surface area (Å²) < 4.78 is 10.4. The number of aryl methyl sites for hydroxylation is 1. The minimum absolute atomic E-state index is 0.0486. The van der Waals surface area contributed by atoms with E-state index < -0.39 is 11.9 Å².